The summed E-state index contributed by atoms with van der Waals surface area (Å²) in [4.78, 5) is 14.4. The minimum absolute atomic E-state index is 0.0761. The molecule has 2 aromatic carbocycles. The third kappa shape index (κ3) is 4.05. The third-order valence-corrected chi connectivity index (χ3v) is 6.73. The van der Waals surface area contributed by atoms with Crippen LogP contribution in [0.4, 0.5) is 4.39 Å². The number of para-hydroxylation sites is 1. The molecule has 0 saturated heterocycles. The molecule has 158 valence electrons. The summed E-state index contributed by atoms with van der Waals surface area (Å²) in [5.74, 6) is 0.861. The van der Waals surface area contributed by atoms with Crippen molar-refractivity contribution in [3.05, 3.63) is 82.1 Å². The molecule has 3 heterocycles. The summed E-state index contributed by atoms with van der Waals surface area (Å²) in [6, 6.07) is 16.4. The second-order valence-corrected chi connectivity index (χ2v) is 8.93. The topological polar surface area (TPSA) is 56.2 Å². The Morgan fingerprint density at radius 2 is 2.06 bits per heavy atom. The maximum atomic E-state index is 13.2. The Morgan fingerprint density at radius 1 is 1.26 bits per heavy atom. The fourth-order valence-corrected chi connectivity index (χ4v) is 5.02. The molecule has 5 nitrogen and oxygen atoms in total. The Kier molecular flexibility index (Phi) is 5.19. The number of fused-ring (bicyclic) bond motifs is 2. The summed E-state index contributed by atoms with van der Waals surface area (Å²) in [5, 5.41) is 8.64. The van der Waals surface area contributed by atoms with Gasteiger partial charge in [-0.2, -0.15) is 5.10 Å². The van der Waals surface area contributed by atoms with Crippen molar-refractivity contribution in [3.8, 4) is 5.75 Å². The second kappa shape index (κ2) is 8.15. The largest absolute Gasteiger partial charge is 0.493 e. The smallest absolute Gasteiger partial charge is 0.261 e. The van der Waals surface area contributed by atoms with Crippen LogP contribution in [0.15, 0.2) is 54.6 Å². The average Bonchev–Trinajstić information content (AvgIpc) is 3.35. The number of ether oxygens (including phenoxy) is 1. The minimum atomic E-state index is -0.257. The van der Waals surface area contributed by atoms with Gasteiger partial charge in [-0.25, -0.2) is 4.39 Å². The molecule has 0 bridgehead atoms. The lowest BCUT2D eigenvalue weighted by molar-refractivity contribution is 0.0943. The van der Waals surface area contributed by atoms with Gasteiger partial charge in [-0.05, 0) is 48.7 Å². The van der Waals surface area contributed by atoms with E-state index in [1.54, 1.807) is 12.1 Å². The first kappa shape index (κ1) is 19.8. The van der Waals surface area contributed by atoms with Crippen molar-refractivity contribution in [2.24, 2.45) is 5.92 Å². The molecule has 5 rings (SSSR count). The number of nitrogens with one attached hydrogen (secondary N) is 1. The fourth-order valence-electron chi connectivity index (χ4n) is 3.94. The number of hydrogen-bond acceptors (Lipinski definition) is 4. The van der Waals surface area contributed by atoms with Gasteiger partial charge in [0, 0.05) is 17.8 Å². The highest BCUT2D eigenvalue weighted by atomic mass is 32.1. The minimum Gasteiger partial charge on any atom is -0.493 e. The molecule has 0 aliphatic carbocycles. The number of amides is 1. The van der Waals surface area contributed by atoms with Crippen LogP contribution in [0.1, 0.15) is 26.5 Å². The summed E-state index contributed by atoms with van der Waals surface area (Å²) >= 11 is 1.43. The van der Waals surface area contributed by atoms with Crippen molar-refractivity contribution in [2.75, 3.05) is 13.2 Å². The van der Waals surface area contributed by atoms with Crippen molar-refractivity contribution < 1.29 is 13.9 Å². The second-order valence-electron chi connectivity index (χ2n) is 7.90. The average molecular weight is 436 g/mol. The summed E-state index contributed by atoms with van der Waals surface area (Å²) < 4.78 is 20.9. The molecule has 1 N–H and O–H groups in total. The number of aryl methyl sites for hydroxylation is 1. The van der Waals surface area contributed by atoms with Crippen LogP contribution in [0.3, 0.4) is 0 Å². The van der Waals surface area contributed by atoms with Crippen molar-refractivity contribution in [2.45, 2.75) is 19.9 Å². The Balaban J connectivity index is 1.28. The maximum absolute atomic E-state index is 13.2. The molecule has 0 saturated carbocycles. The Hall–Kier alpha value is -3.19. The van der Waals surface area contributed by atoms with E-state index < -0.39 is 0 Å². The van der Waals surface area contributed by atoms with Crippen LogP contribution in [0.5, 0.6) is 5.75 Å². The molecule has 31 heavy (non-hydrogen) atoms. The first-order chi connectivity index (χ1) is 15.1. The van der Waals surface area contributed by atoms with Crippen LogP contribution < -0.4 is 10.1 Å². The lowest BCUT2D eigenvalue weighted by atomic mass is 9.97. The molecular weight excluding hydrogens is 413 g/mol. The Bertz CT molecular complexity index is 1250. The predicted octanol–water partition coefficient (Wildman–Crippen LogP) is 4.57. The normalized spacial score (nSPS) is 15.5. The van der Waals surface area contributed by atoms with E-state index in [2.05, 4.69) is 16.5 Å². The van der Waals surface area contributed by atoms with E-state index in [1.165, 1.54) is 29.0 Å². The summed E-state index contributed by atoms with van der Waals surface area (Å²) in [6.07, 6.45) is 0.897. The van der Waals surface area contributed by atoms with Gasteiger partial charge in [-0.3, -0.25) is 9.48 Å². The van der Waals surface area contributed by atoms with Crippen LogP contribution >= 0.6 is 11.3 Å². The Labute approximate surface area is 183 Å². The van der Waals surface area contributed by atoms with Gasteiger partial charge in [0.1, 0.15) is 16.4 Å². The number of hydrogen-bond donors (Lipinski definition) is 1. The van der Waals surface area contributed by atoms with Crippen molar-refractivity contribution in [3.63, 3.8) is 0 Å². The molecule has 1 aliphatic heterocycles. The van der Waals surface area contributed by atoms with Crippen LogP contribution in [0.2, 0.25) is 0 Å². The van der Waals surface area contributed by atoms with Gasteiger partial charge in [0.15, 0.2) is 0 Å². The van der Waals surface area contributed by atoms with Crippen molar-refractivity contribution >= 4 is 27.5 Å². The summed E-state index contributed by atoms with van der Waals surface area (Å²) in [7, 11) is 0. The Morgan fingerprint density at radius 3 is 2.90 bits per heavy atom. The first-order valence-electron chi connectivity index (χ1n) is 10.3. The maximum Gasteiger partial charge on any atom is 0.261 e. The number of nitrogens with zero attached hydrogens (tertiary/aromatic N) is 2. The van der Waals surface area contributed by atoms with E-state index in [1.807, 2.05) is 35.9 Å². The van der Waals surface area contributed by atoms with E-state index in [-0.39, 0.29) is 17.6 Å². The zero-order valence-electron chi connectivity index (χ0n) is 17.1. The molecule has 1 amide bonds. The van der Waals surface area contributed by atoms with Gasteiger partial charge in [0.25, 0.3) is 5.91 Å². The lowest BCUT2D eigenvalue weighted by Crippen LogP contribution is -2.34. The fraction of sp³-hybridized carbons (Fsp3) is 0.250. The summed E-state index contributed by atoms with van der Waals surface area (Å²) in [6.45, 7) is 3.65. The monoisotopic (exact) mass is 435 g/mol. The van der Waals surface area contributed by atoms with E-state index in [4.69, 9.17) is 4.74 Å². The highest BCUT2D eigenvalue weighted by Gasteiger charge is 2.21. The number of thiophene rings is 1. The highest BCUT2D eigenvalue weighted by molar-refractivity contribution is 7.20. The molecule has 1 aliphatic rings. The molecule has 1 unspecified atom stereocenters. The third-order valence-electron chi connectivity index (χ3n) is 5.58. The van der Waals surface area contributed by atoms with Gasteiger partial charge in [0.05, 0.1) is 23.7 Å². The quantitative estimate of drug-likeness (QED) is 0.499. The van der Waals surface area contributed by atoms with Gasteiger partial charge < -0.3 is 10.1 Å². The number of aromatic nitrogens is 2. The highest BCUT2D eigenvalue weighted by Crippen LogP contribution is 2.29. The van der Waals surface area contributed by atoms with Crippen LogP contribution in [-0.4, -0.2) is 28.8 Å². The first-order valence-corrected chi connectivity index (χ1v) is 11.1. The molecule has 0 fully saturated rings. The van der Waals surface area contributed by atoms with Gasteiger partial charge in [-0.15, -0.1) is 11.3 Å². The molecule has 0 radical (unpaired) electrons. The van der Waals surface area contributed by atoms with E-state index >= 15 is 0 Å². The van der Waals surface area contributed by atoms with Gasteiger partial charge in [0.2, 0.25) is 0 Å². The van der Waals surface area contributed by atoms with E-state index in [0.717, 1.165) is 33.6 Å². The predicted molar refractivity (Wildman–Crippen MR) is 119 cm³/mol. The number of halogens is 1. The lowest BCUT2D eigenvalue weighted by Gasteiger charge is -2.25. The van der Waals surface area contributed by atoms with Crippen molar-refractivity contribution in [1.82, 2.24) is 15.1 Å². The van der Waals surface area contributed by atoms with Crippen molar-refractivity contribution in [1.29, 1.82) is 0 Å². The zero-order valence-corrected chi connectivity index (χ0v) is 17.9. The SMILES string of the molecule is Cc1nn(Cc2ccc(F)cc2)c2sc(C(=O)NCC3COc4ccccc4C3)cc12. The van der Waals surface area contributed by atoms with Crippen LogP contribution in [0, 0.1) is 18.7 Å². The molecule has 1 atom stereocenters. The van der Waals surface area contributed by atoms with E-state index in [0.29, 0.717) is 24.6 Å². The number of benzene rings is 2. The molecule has 7 heteroatoms. The van der Waals surface area contributed by atoms with Gasteiger partial charge in [-0.1, -0.05) is 30.3 Å². The number of rotatable bonds is 5. The number of carbonyl (C=O) groups is 1. The van der Waals surface area contributed by atoms with E-state index in [9.17, 15) is 9.18 Å². The van der Waals surface area contributed by atoms with Gasteiger partial charge >= 0.3 is 0 Å². The summed E-state index contributed by atoms with van der Waals surface area (Å²) in [5.41, 5.74) is 3.03. The van der Waals surface area contributed by atoms with Crippen LogP contribution in [-0.2, 0) is 13.0 Å². The van der Waals surface area contributed by atoms with Crippen LogP contribution in [0.25, 0.3) is 10.2 Å². The molecular formula is C24H22FN3O2S. The molecule has 0 spiro atoms. The number of carbonyl (C=O) groups excluding carboxylic acids is 1. The molecule has 2 aromatic heterocycles. The zero-order chi connectivity index (χ0) is 21.4. The molecule has 4 aromatic rings. The standard InChI is InChI=1S/C24H22FN3O2S/c1-15-20-11-22(31-24(20)28(27-15)13-16-6-8-19(25)9-7-16)23(29)26-12-17-10-18-4-2-3-5-21(18)30-14-17/h2-9,11,17H,10,12-14H2,1H3,(H,26,29).